The summed E-state index contributed by atoms with van der Waals surface area (Å²) in [4.78, 5) is 11.8. The first-order valence-corrected chi connectivity index (χ1v) is 12.8. The van der Waals surface area contributed by atoms with Crippen molar-refractivity contribution in [3.05, 3.63) is 58.7 Å². The van der Waals surface area contributed by atoms with Crippen LogP contribution in [0.25, 0.3) is 0 Å². The molecule has 176 valence electrons. The lowest BCUT2D eigenvalue weighted by atomic mass is 9.80. The summed E-state index contributed by atoms with van der Waals surface area (Å²) in [6.07, 6.45) is 6.59. The quantitative estimate of drug-likeness (QED) is 0.146. The average Bonchev–Trinajstić information content (AvgIpc) is 2.77. The van der Waals surface area contributed by atoms with Crippen LogP contribution in [-0.2, 0) is 15.3 Å². The molecule has 0 saturated carbocycles. The predicted molar refractivity (Wildman–Crippen MR) is 138 cm³/mol. The Bertz CT molecular complexity index is 885. The highest BCUT2D eigenvalue weighted by Gasteiger charge is 2.35. The maximum absolute atomic E-state index is 11.8. The van der Waals surface area contributed by atoms with E-state index in [9.17, 15) is 4.79 Å². The highest BCUT2D eigenvalue weighted by molar-refractivity contribution is 7.48. The number of carbonyl (C=O) groups is 1. The van der Waals surface area contributed by atoms with Gasteiger partial charge in [0.1, 0.15) is 5.75 Å². The van der Waals surface area contributed by atoms with Gasteiger partial charge in [0.2, 0.25) is 0 Å². The monoisotopic (exact) mass is 456 g/mol. The van der Waals surface area contributed by atoms with Crippen molar-refractivity contribution in [3.8, 4) is 5.75 Å². The fraction of sp³-hybridized carbons (Fsp3) is 0.536. The normalized spacial score (nSPS) is 14.0. The molecule has 0 bridgehead atoms. The second kappa shape index (κ2) is 12.0. The number of carbonyl (C=O) groups excluding carboxylic acids is 1. The van der Waals surface area contributed by atoms with Crippen LogP contribution in [0.1, 0.15) is 93.8 Å². The van der Waals surface area contributed by atoms with Gasteiger partial charge in [-0.05, 0) is 41.6 Å². The molecule has 0 radical (unpaired) electrons. The molecule has 0 spiro atoms. The minimum Gasteiger partial charge on any atom is -0.467 e. The molecule has 0 N–H and O–H groups in total. The Morgan fingerprint density at radius 1 is 1.06 bits per heavy atom. The van der Waals surface area contributed by atoms with E-state index in [4.69, 9.17) is 9.47 Å². The maximum Gasteiger partial charge on any atom is 0.188 e. The molecule has 2 unspecified atom stereocenters. The van der Waals surface area contributed by atoms with E-state index in [-0.39, 0.29) is 17.4 Å². The number of unbranched alkanes of at least 4 members (excludes halogenated alkanes) is 2. The van der Waals surface area contributed by atoms with E-state index in [0.29, 0.717) is 8.58 Å². The molecular weight excluding hydrogens is 415 g/mol. The van der Waals surface area contributed by atoms with Crippen molar-refractivity contribution in [2.75, 3.05) is 13.9 Å². The van der Waals surface area contributed by atoms with Gasteiger partial charge < -0.3 is 9.47 Å². The molecule has 0 amide bonds. The standard InChI is InChI=1S/C28H41O3P/c1-8-10-13-16-28(9-2,32-25-15-12-11-14-22(25)19-29)24-18-23(27(4,5)6)17-21(3)26(24)31-20-30-7/h11-12,14-15,17-19,32H,8-10,13,16,20H2,1-7H3. The van der Waals surface area contributed by atoms with Gasteiger partial charge in [-0.2, -0.15) is 0 Å². The second-order valence-electron chi connectivity index (χ2n) is 9.69. The molecule has 2 rings (SSSR count). The molecular formula is C28H41O3P. The molecule has 0 aliphatic carbocycles. The second-order valence-corrected chi connectivity index (χ2v) is 11.4. The van der Waals surface area contributed by atoms with Gasteiger partial charge in [0.05, 0.1) is 0 Å². The third-order valence-corrected chi connectivity index (χ3v) is 8.33. The zero-order valence-electron chi connectivity index (χ0n) is 21.0. The summed E-state index contributed by atoms with van der Waals surface area (Å²) in [6.45, 7) is 13.7. The molecule has 2 aromatic carbocycles. The van der Waals surface area contributed by atoms with Crippen LogP contribution in [-0.4, -0.2) is 20.2 Å². The van der Waals surface area contributed by atoms with Crippen molar-refractivity contribution in [1.29, 1.82) is 0 Å². The summed E-state index contributed by atoms with van der Waals surface area (Å²) in [5.41, 5.74) is 4.55. The number of hydrogen-bond donors (Lipinski definition) is 0. The first-order valence-electron chi connectivity index (χ1n) is 11.8. The van der Waals surface area contributed by atoms with E-state index in [1.807, 2.05) is 18.2 Å². The topological polar surface area (TPSA) is 35.5 Å². The molecule has 2 atom stereocenters. The van der Waals surface area contributed by atoms with Crippen molar-refractivity contribution in [1.82, 2.24) is 0 Å². The third kappa shape index (κ3) is 6.42. The van der Waals surface area contributed by atoms with Crippen LogP contribution in [0.2, 0.25) is 0 Å². The SMILES string of the molecule is CCCCCC(CC)(Pc1ccccc1C=O)c1cc(C(C)(C)C)cc(C)c1OCOC. The Hall–Kier alpha value is -1.70. The molecule has 4 heteroatoms. The number of aryl methyl sites for hydroxylation is 1. The minimum absolute atomic E-state index is 0.0337. The van der Waals surface area contributed by atoms with Gasteiger partial charge in [-0.25, -0.2) is 0 Å². The lowest BCUT2D eigenvalue weighted by Crippen LogP contribution is -2.26. The average molecular weight is 457 g/mol. The van der Waals surface area contributed by atoms with Gasteiger partial charge in [0.15, 0.2) is 13.1 Å². The van der Waals surface area contributed by atoms with Crippen molar-refractivity contribution in [2.45, 2.75) is 84.2 Å². The molecule has 0 aliphatic rings. The summed E-state index contributed by atoms with van der Waals surface area (Å²) >= 11 is 0. The smallest absolute Gasteiger partial charge is 0.188 e. The number of hydrogen-bond acceptors (Lipinski definition) is 3. The van der Waals surface area contributed by atoms with E-state index in [0.717, 1.165) is 47.7 Å². The highest BCUT2D eigenvalue weighted by Crippen LogP contribution is 2.53. The van der Waals surface area contributed by atoms with Crippen molar-refractivity contribution < 1.29 is 14.3 Å². The molecule has 32 heavy (non-hydrogen) atoms. The zero-order valence-corrected chi connectivity index (χ0v) is 22.0. The fourth-order valence-corrected chi connectivity index (χ4v) is 6.02. The van der Waals surface area contributed by atoms with Crippen molar-refractivity contribution in [2.24, 2.45) is 0 Å². The highest BCUT2D eigenvalue weighted by atomic mass is 31.1. The number of ether oxygens (including phenoxy) is 2. The van der Waals surface area contributed by atoms with E-state index in [1.165, 1.54) is 24.0 Å². The number of methoxy groups -OCH3 is 1. The number of aldehydes is 1. The summed E-state index contributed by atoms with van der Waals surface area (Å²) in [6, 6.07) is 12.7. The first kappa shape index (κ1) is 26.6. The van der Waals surface area contributed by atoms with E-state index in [1.54, 1.807) is 7.11 Å². The molecule has 0 aliphatic heterocycles. The third-order valence-electron chi connectivity index (χ3n) is 6.25. The van der Waals surface area contributed by atoms with Crippen LogP contribution in [0, 0.1) is 6.92 Å². The summed E-state index contributed by atoms with van der Waals surface area (Å²) in [5.74, 6) is 0.939. The lowest BCUT2D eigenvalue weighted by Gasteiger charge is -2.37. The van der Waals surface area contributed by atoms with Gasteiger partial charge >= 0.3 is 0 Å². The minimum atomic E-state index is -0.0939. The van der Waals surface area contributed by atoms with Gasteiger partial charge in [-0.1, -0.05) is 98.9 Å². The summed E-state index contributed by atoms with van der Waals surface area (Å²) in [5, 5.41) is 1.04. The van der Waals surface area contributed by atoms with E-state index in [2.05, 4.69) is 59.7 Å². The van der Waals surface area contributed by atoms with Crippen molar-refractivity contribution >= 4 is 20.2 Å². The lowest BCUT2D eigenvalue weighted by molar-refractivity contribution is 0.0493. The van der Waals surface area contributed by atoms with Crippen molar-refractivity contribution in [3.63, 3.8) is 0 Å². The van der Waals surface area contributed by atoms with Crippen LogP contribution in [0.15, 0.2) is 36.4 Å². The van der Waals surface area contributed by atoms with Crippen LogP contribution in [0.3, 0.4) is 0 Å². The molecule has 0 saturated heterocycles. The maximum atomic E-state index is 11.8. The molecule has 0 aromatic heterocycles. The number of benzene rings is 2. The molecule has 3 nitrogen and oxygen atoms in total. The molecule has 0 fully saturated rings. The van der Waals surface area contributed by atoms with E-state index < -0.39 is 0 Å². The van der Waals surface area contributed by atoms with Crippen LogP contribution in [0.4, 0.5) is 0 Å². The van der Waals surface area contributed by atoms with E-state index >= 15 is 0 Å². The van der Waals surface area contributed by atoms with Gasteiger partial charge in [0.25, 0.3) is 0 Å². The van der Waals surface area contributed by atoms with Crippen LogP contribution < -0.4 is 10.0 Å². The summed E-state index contributed by atoms with van der Waals surface area (Å²) in [7, 11) is 2.15. The largest absolute Gasteiger partial charge is 0.467 e. The molecule has 0 heterocycles. The zero-order chi connectivity index (χ0) is 23.8. The Labute approximate surface area is 197 Å². The summed E-state index contributed by atoms with van der Waals surface area (Å²) < 4.78 is 11.5. The Kier molecular flexibility index (Phi) is 9.92. The Balaban J connectivity index is 2.74. The number of rotatable bonds is 12. The molecule has 2 aromatic rings. The van der Waals surface area contributed by atoms with Crippen LogP contribution in [0.5, 0.6) is 5.75 Å². The van der Waals surface area contributed by atoms with Gasteiger partial charge in [-0.3, -0.25) is 4.79 Å². The Morgan fingerprint density at radius 3 is 2.38 bits per heavy atom. The Morgan fingerprint density at radius 2 is 1.78 bits per heavy atom. The fourth-order valence-electron chi connectivity index (χ4n) is 4.24. The van der Waals surface area contributed by atoms with Crippen LogP contribution >= 0.6 is 8.58 Å². The first-order chi connectivity index (χ1) is 15.2. The van der Waals surface area contributed by atoms with Gasteiger partial charge in [0, 0.05) is 23.4 Å². The predicted octanol–water partition coefficient (Wildman–Crippen LogP) is 7.28. The van der Waals surface area contributed by atoms with Gasteiger partial charge in [-0.15, -0.1) is 0 Å².